The fourth-order valence-corrected chi connectivity index (χ4v) is 9.17. The number of hydrogen-bond acceptors (Lipinski definition) is 5. The second-order valence-corrected chi connectivity index (χ2v) is 14.8. The highest BCUT2D eigenvalue weighted by molar-refractivity contribution is 7.15. The van der Waals surface area contributed by atoms with Gasteiger partial charge in [-0.15, -0.1) is 11.3 Å². The lowest BCUT2D eigenvalue weighted by atomic mass is 9.51. The standard InChI is InChI=1S/C36H44N2O3S/c1-24-20-28(10-13-31(24)41-2)36-17-14-35(15-18-36,16-19-36)23-38(34(40)26-8-11-30(39)12-9-26)29-5-3-4-27(21-29)32-22-37-33(42-32)25-6-7-25/h3-5,10,13,20-22,25-26,30,39H,6-9,11-12,14-19,23H2,1-2H3. The van der Waals surface area contributed by atoms with Crippen molar-refractivity contribution in [2.24, 2.45) is 11.3 Å². The number of carbonyl (C=O) groups excluding carboxylic acids is 1. The Kier molecular flexibility index (Phi) is 7.42. The van der Waals surface area contributed by atoms with E-state index in [2.05, 4.69) is 54.3 Å². The molecule has 5 aliphatic carbocycles. The summed E-state index contributed by atoms with van der Waals surface area (Å²) in [6.07, 6.45) is 14.3. The molecule has 5 fully saturated rings. The van der Waals surface area contributed by atoms with Gasteiger partial charge in [-0.25, -0.2) is 4.98 Å². The number of benzene rings is 2. The maximum atomic E-state index is 14.3. The van der Waals surface area contributed by atoms with Gasteiger partial charge >= 0.3 is 0 Å². The summed E-state index contributed by atoms with van der Waals surface area (Å²) in [6.45, 7) is 2.94. The normalized spacial score (nSPS) is 28.9. The molecule has 1 N–H and O–H groups in total. The Morgan fingerprint density at radius 1 is 1.00 bits per heavy atom. The van der Waals surface area contributed by atoms with Crippen molar-refractivity contribution >= 4 is 22.9 Å². The van der Waals surface area contributed by atoms with E-state index in [1.165, 1.54) is 53.1 Å². The smallest absolute Gasteiger partial charge is 0.230 e. The van der Waals surface area contributed by atoms with Crippen LogP contribution < -0.4 is 9.64 Å². The highest BCUT2D eigenvalue weighted by atomic mass is 32.1. The molecule has 0 aliphatic heterocycles. The number of aliphatic hydroxyl groups excluding tert-OH is 1. The molecule has 0 saturated heterocycles. The molecule has 6 heteroatoms. The van der Waals surface area contributed by atoms with E-state index in [1.54, 1.807) is 7.11 Å². The second kappa shape index (κ2) is 11.1. The van der Waals surface area contributed by atoms with Crippen molar-refractivity contribution in [1.82, 2.24) is 4.98 Å². The average Bonchev–Trinajstić information content (AvgIpc) is 3.76. The number of aliphatic hydroxyl groups is 1. The quantitative estimate of drug-likeness (QED) is 0.290. The average molecular weight is 585 g/mol. The number of carbonyl (C=O) groups is 1. The zero-order chi connectivity index (χ0) is 28.9. The molecule has 0 atom stereocenters. The van der Waals surface area contributed by atoms with Crippen molar-refractivity contribution in [2.75, 3.05) is 18.6 Å². The number of anilines is 1. The molecular weight excluding hydrogens is 540 g/mol. The molecule has 8 rings (SSSR count). The van der Waals surface area contributed by atoms with Crippen LogP contribution in [-0.4, -0.2) is 35.8 Å². The Morgan fingerprint density at radius 3 is 2.40 bits per heavy atom. The molecule has 2 aromatic carbocycles. The molecule has 5 aliphatic rings. The van der Waals surface area contributed by atoms with Crippen molar-refractivity contribution in [2.45, 2.75) is 101 Å². The number of rotatable bonds is 8. The van der Waals surface area contributed by atoms with Gasteiger partial charge in [-0.2, -0.15) is 0 Å². The summed E-state index contributed by atoms with van der Waals surface area (Å²) in [7, 11) is 1.75. The van der Waals surface area contributed by atoms with Crippen molar-refractivity contribution in [3.8, 4) is 16.2 Å². The van der Waals surface area contributed by atoms with E-state index < -0.39 is 0 Å². The van der Waals surface area contributed by atoms with Crippen molar-refractivity contribution < 1.29 is 14.6 Å². The Labute approximate surface area is 254 Å². The lowest BCUT2D eigenvalue weighted by Gasteiger charge is -2.55. The number of nitrogens with zero attached hydrogens (tertiary/aromatic N) is 2. The lowest BCUT2D eigenvalue weighted by Crippen LogP contribution is -2.51. The third kappa shape index (κ3) is 5.30. The summed E-state index contributed by atoms with van der Waals surface area (Å²) in [5.74, 6) is 1.86. The maximum absolute atomic E-state index is 14.3. The molecule has 0 unspecified atom stereocenters. The van der Waals surface area contributed by atoms with Crippen LogP contribution in [0.3, 0.4) is 0 Å². The molecule has 5 nitrogen and oxygen atoms in total. The van der Waals surface area contributed by atoms with Crippen molar-refractivity contribution in [3.63, 3.8) is 0 Å². The van der Waals surface area contributed by atoms with Crippen molar-refractivity contribution in [1.29, 1.82) is 0 Å². The summed E-state index contributed by atoms with van der Waals surface area (Å²) >= 11 is 1.81. The van der Waals surface area contributed by atoms with Crippen LogP contribution >= 0.6 is 11.3 Å². The highest BCUT2D eigenvalue weighted by Crippen LogP contribution is 2.58. The zero-order valence-electron chi connectivity index (χ0n) is 25.1. The predicted octanol–water partition coefficient (Wildman–Crippen LogP) is 8.18. The summed E-state index contributed by atoms with van der Waals surface area (Å²) in [5, 5.41) is 11.4. The number of aryl methyl sites for hydroxylation is 1. The van der Waals surface area contributed by atoms with E-state index in [4.69, 9.17) is 9.72 Å². The van der Waals surface area contributed by atoms with Gasteiger partial charge in [0.15, 0.2) is 0 Å². The first-order chi connectivity index (χ1) is 20.4. The molecule has 1 amide bonds. The van der Waals surface area contributed by atoms with E-state index in [0.717, 1.165) is 68.5 Å². The number of amides is 1. The molecule has 222 valence electrons. The van der Waals surface area contributed by atoms with E-state index >= 15 is 0 Å². The van der Waals surface area contributed by atoms with Gasteiger partial charge in [-0.05, 0) is 130 Å². The van der Waals surface area contributed by atoms with Gasteiger partial charge in [0.05, 0.1) is 23.1 Å². The summed E-state index contributed by atoms with van der Waals surface area (Å²) < 4.78 is 5.54. The molecule has 1 aromatic heterocycles. The molecule has 42 heavy (non-hydrogen) atoms. The Hall–Kier alpha value is -2.70. The number of hydrogen-bond donors (Lipinski definition) is 1. The van der Waals surface area contributed by atoms with Gasteiger partial charge in [0, 0.05) is 30.3 Å². The van der Waals surface area contributed by atoms with Gasteiger partial charge in [0.1, 0.15) is 5.75 Å². The summed E-state index contributed by atoms with van der Waals surface area (Å²) in [4.78, 5) is 22.4. The Balaban J connectivity index is 1.15. The Bertz CT molecular complexity index is 1430. The minimum atomic E-state index is -0.261. The van der Waals surface area contributed by atoms with Gasteiger partial charge in [-0.1, -0.05) is 24.3 Å². The molecule has 1 heterocycles. The second-order valence-electron chi connectivity index (χ2n) is 13.8. The lowest BCUT2D eigenvalue weighted by molar-refractivity contribution is -0.124. The SMILES string of the molecule is COc1ccc(C23CCC(CN(C(=O)C4CCC(O)CC4)c4cccc(-c5cnc(C6CC6)s5)c4)(CC2)CC3)cc1C. The Morgan fingerprint density at radius 2 is 1.74 bits per heavy atom. The van der Waals surface area contributed by atoms with Crippen LogP contribution in [-0.2, 0) is 10.2 Å². The fraction of sp³-hybridized carbons (Fsp3) is 0.556. The van der Waals surface area contributed by atoms with E-state index in [0.29, 0.717) is 5.92 Å². The fourth-order valence-electron chi connectivity index (χ4n) is 8.08. The third-order valence-corrected chi connectivity index (χ3v) is 12.3. The first-order valence-electron chi connectivity index (χ1n) is 16.1. The molecule has 2 bridgehead atoms. The minimum absolute atomic E-state index is 0.00752. The van der Waals surface area contributed by atoms with Crippen LogP contribution in [0.25, 0.3) is 10.4 Å². The van der Waals surface area contributed by atoms with Crippen LogP contribution in [0.4, 0.5) is 5.69 Å². The minimum Gasteiger partial charge on any atom is -0.496 e. The van der Waals surface area contributed by atoms with Crippen LogP contribution in [0.5, 0.6) is 5.75 Å². The summed E-state index contributed by atoms with van der Waals surface area (Å²) in [5.41, 5.74) is 5.27. The zero-order valence-corrected chi connectivity index (χ0v) is 25.9. The number of fused-ring (bicyclic) bond motifs is 3. The molecular formula is C36H44N2O3S. The molecule has 0 radical (unpaired) electrons. The monoisotopic (exact) mass is 584 g/mol. The highest BCUT2D eigenvalue weighted by Gasteiger charge is 2.50. The third-order valence-electron chi connectivity index (χ3n) is 11.1. The topological polar surface area (TPSA) is 62.7 Å². The van der Waals surface area contributed by atoms with Gasteiger partial charge in [0.2, 0.25) is 5.91 Å². The van der Waals surface area contributed by atoms with E-state index in [1.807, 2.05) is 17.5 Å². The molecule has 5 saturated carbocycles. The van der Waals surface area contributed by atoms with Crippen LogP contribution in [0.15, 0.2) is 48.7 Å². The molecule has 0 spiro atoms. The van der Waals surface area contributed by atoms with E-state index in [-0.39, 0.29) is 28.8 Å². The maximum Gasteiger partial charge on any atom is 0.230 e. The van der Waals surface area contributed by atoms with Crippen LogP contribution in [0.2, 0.25) is 0 Å². The predicted molar refractivity (Wildman–Crippen MR) is 169 cm³/mol. The number of methoxy groups -OCH3 is 1. The van der Waals surface area contributed by atoms with Gasteiger partial charge in [-0.3, -0.25) is 4.79 Å². The van der Waals surface area contributed by atoms with Gasteiger partial charge in [0.25, 0.3) is 0 Å². The van der Waals surface area contributed by atoms with Crippen molar-refractivity contribution in [3.05, 3.63) is 64.8 Å². The van der Waals surface area contributed by atoms with Crippen LogP contribution in [0.1, 0.15) is 99.1 Å². The number of ether oxygens (including phenoxy) is 1. The van der Waals surface area contributed by atoms with Gasteiger partial charge < -0.3 is 14.7 Å². The first-order valence-corrected chi connectivity index (χ1v) is 16.9. The largest absolute Gasteiger partial charge is 0.496 e. The summed E-state index contributed by atoms with van der Waals surface area (Å²) in [6, 6.07) is 15.4. The number of thiazole rings is 1. The first kappa shape index (κ1) is 28.1. The number of aromatic nitrogens is 1. The van der Waals surface area contributed by atoms with Crippen LogP contribution in [0, 0.1) is 18.3 Å². The van der Waals surface area contributed by atoms with E-state index in [9.17, 15) is 9.90 Å². The molecule has 3 aromatic rings.